The smallest absolute Gasteiger partial charge is 0.330 e. The third-order valence-corrected chi connectivity index (χ3v) is 3.52. The van der Waals surface area contributed by atoms with E-state index in [1.54, 1.807) is 0 Å². The molecule has 0 fully saturated rings. The van der Waals surface area contributed by atoms with E-state index in [0.29, 0.717) is 4.34 Å². The predicted molar refractivity (Wildman–Crippen MR) is 49.2 cm³/mol. The summed E-state index contributed by atoms with van der Waals surface area (Å²) in [6.45, 7) is -0.394. The van der Waals surface area contributed by atoms with Crippen molar-refractivity contribution in [2.45, 2.75) is 10.5 Å². The van der Waals surface area contributed by atoms with Gasteiger partial charge in [0.15, 0.2) is 4.34 Å². The number of halogens is 3. The summed E-state index contributed by atoms with van der Waals surface area (Å²) in [6, 6.07) is 0. The van der Waals surface area contributed by atoms with E-state index in [2.05, 4.69) is 10.2 Å². The van der Waals surface area contributed by atoms with Crippen LogP contribution in [-0.4, -0.2) is 28.7 Å². The van der Waals surface area contributed by atoms with E-state index >= 15 is 0 Å². The number of thioether (sulfide) groups is 1. The quantitative estimate of drug-likeness (QED) is 0.819. The summed E-state index contributed by atoms with van der Waals surface area (Å²) in [4.78, 5) is 0. The van der Waals surface area contributed by atoms with Crippen LogP contribution in [0.5, 0.6) is 0 Å². The van der Waals surface area contributed by atoms with Crippen LogP contribution in [0.3, 0.4) is 0 Å². The van der Waals surface area contributed by atoms with Crippen molar-refractivity contribution in [2.24, 2.45) is 11.7 Å². The van der Waals surface area contributed by atoms with E-state index in [0.717, 1.165) is 11.8 Å². The Bertz CT molecular complexity index is 262. The van der Waals surface area contributed by atoms with Crippen LogP contribution < -0.4 is 5.73 Å². The molecule has 14 heavy (non-hydrogen) atoms. The van der Waals surface area contributed by atoms with Gasteiger partial charge in [-0.25, -0.2) is 0 Å². The summed E-state index contributed by atoms with van der Waals surface area (Å²) in [6.07, 6.45) is -4.23. The minimum atomic E-state index is -4.23. The fraction of sp³-hybridized carbons (Fsp3) is 0.667. The minimum absolute atomic E-state index is 0.102. The Kier molecular flexibility index (Phi) is 4.14. The molecule has 0 bridgehead atoms. The SMILES string of the molecule is NCC(CSc1nncs1)C(F)(F)F. The van der Waals surface area contributed by atoms with Crippen LogP contribution in [0.1, 0.15) is 0 Å². The Balaban J connectivity index is 2.43. The zero-order chi connectivity index (χ0) is 10.6. The molecule has 1 aromatic rings. The van der Waals surface area contributed by atoms with Crippen LogP contribution in [0.15, 0.2) is 9.85 Å². The summed E-state index contributed by atoms with van der Waals surface area (Å²) in [7, 11) is 0. The first-order valence-corrected chi connectivity index (χ1v) is 5.56. The van der Waals surface area contributed by atoms with Gasteiger partial charge in [-0.2, -0.15) is 13.2 Å². The lowest BCUT2D eigenvalue weighted by molar-refractivity contribution is -0.165. The fourth-order valence-electron chi connectivity index (χ4n) is 0.694. The second kappa shape index (κ2) is 4.94. The number of aromatic nitrogens is 2. The molecule has 0 saturated carbocycles. The average Bonchev–Trinajstić information content (AvgIpc) is 2.55. The summed E-state index contributed by atoms with van der Waals surface area (Å²) < 4.78 is 37.2. The maximum Gasteiger partial charge on any atom is 0.393 e. The van der Waals surface area contributed by atoms with Gasteiger partial charge in [-0.3, -0.25) is 0 Å². The van der Waals surface area contributed by atoms with E-state index in [1.807, 2.05) is 0 Å². The Morgan fingerprint density at radius 1 is 1.57 bits per heavy atom. The van der Waals surface area contributed by atoms with Crippen molar-refractivity contribution in [2.75, 3.05) is 12.3 Å². The number of nitrogens with zero attached hydrogens (tertiary/aromatic N) is 2. The molecule has 0 saturated heterocycles. The van der Waals surface area contributed by atoms with E-state index in [9.17, 15) is 13.2 Å². The molecule has 1 unspecified atom stereocenters. The molecule has 0 aliphatic carbocycles. The van der Waals surface area contributed by atoms with Crippen molar-refractivity contribution in [3.8, 4) is 0 Å². The van der Waals surface area contributed by atoms with Crippen LogP contribution in [0, 0.1) is 5.92 Å². The number of nitrogens with two attached hydrogens (primary N) is 1. The fourth-order valence-corrected chi connectivity index (χ4v) is 2.35. The molecule has 0 aliphatic heterocycles. The highest BCUT2D eigenvalue weighted by molar-refractivity contribution is 8.01. The first kappa shape index (κ1) is 11.7. The highest BCUT2D eigenvalue weighted by atomic mass is 32.2. The lowest BCUT2D eigenvalue weighted by Gasteiger charge is -2.16. The molecule has 0 aliphatic rings. The zero-order valence-corrected chi connectivity index (χ0v) is 8.62. The topological polar surface area (TPSA) is 51.8 Å². The molecule has 3 nitrogen and oxygen atoms in total. The minimum Gasteiger partial charge on any atom is -0.330 e. The number of hydrogen-bond donors (Lipinski definition) is 1. The summed E-state index contributed by atoms with van der Waals surface area (Å²) in [5.41, 5.74) is 6.51. The van der Waals surface area contributed by atoms with Gasteiger partial charge < -0.3 is 5.73 Å². The lowest BCUT2D eigenvalue weighted by atomic mass is 10.2. The van der Waals surface area contributed by atoms with Crippen LogP contribution >= 0.6 is 23.1 Å². The van der Waals surface area contributed by atoms with Gasteiger partial charge in [0.1, 0.15) is 5.51 Å². The molecule has 0 aromatic carbocycles. The van der Waals surface area contributed by atoms with Gasteiger partial charge in [-0.15, -0.1) is 10.2 Å². The zero-order valence-electron chi connectivity index (χ0n) is 6.99. The van der Waals surface area contributed by atoms with Crippen molar-refractivity contribution in [1.82, 2.24) is 10.2 Å². The molecule has 1 aromatic heterocycles. The van der Waals surface area contributed by atoms with Crippen molar-refractivity contribution in [3.05, 3.63) is 5.51 Å². The Morgan fingerprint density at radius 3 is 2.71 bits per heavy atom. The molecule has 8 heteroatoms. The third kappa shape index (κ3) is 3.43. The van der Waals surface area contributed by atoms with E-state index < -0.39 is 18.6 Å². The van der Waals surface area contributed by atoms with Gasteiger partial charge in [-0.05, 0) is 0 Å². The van der Waals surface area contributed by atoms with Crippen LogP contribution in [-0.2, 0) is 0 Å². The second-order valence-corrected chi connectivity index (χ2v) is 4.59. The largest absolute Gasteiger partial charge is 0.393 e. The molecule has 0 spiro atoms. The van der Waals surface area contributed by atoms with E-state index in [4.69, 9.17) is 5.73 Å². The Labute approximate surface area is 86.9 Å². The maximum atomic E-state index is 12.2. The Morgan fingerprint density at radius 2 is 2.29 bits per heavy atom. The molecule has 1 rings (SSSR count). The molecule has 0 radical (unpaired) electrons. The molecular weight excluding hydrogens is 235 g/mol. The molecule has 80 valence electrons. The van der Waals surface area contributed by atoms with E-state index in [1.165, 1.54) is 16.8 Å². The monoisotopic (exact) mass is 243 g/mol. The highest BCUT2D eigenvalue weighted by Crippen LogP contribution is 2.31. The van der Waals surface area contributed by atoms with Gasteiger partial charge >= 0.3 is 6.18 Å². The number of hydrogen-bond acceptors (Lipinski definition) is 5. The van der Waals surface area contributed by atoms with Crippen molar-refractivity contribution < 1.29 is 13.2 Å². The molecular formula is C6H8F3N3S2. The van der Waals surface area contributed by atoms with Crippen LogP contribution in [0.2, 0.25) is 0 Å². The summed E-state index contributed by atoms with van der Waals surface area (Å²) in [5, 5.41) is 7.15. The standard InChI is InChI=1S/C6H8F3N3S2/c7-6(8,9)4(1-10)2-13-5-12-11-3-14-5/h3-4H,1-2,10H2. The summed E-state index contributed by atoms with van der Waals surface area (Å²) >= 11 is 2.25. The Hall–Kier alpha value is -0.340. The predicted octanol–water partition coefficient (Wildman–Crippen LogP) is 1.77. The third-order valence-electron chi connectivity index (χ3n) is 1.50. The average molecular weight is 243 g/mol. The molecule has 0 amide bonds. The molecule has 1 atom stereocenters. The van der Waals surface area contributed by atoms with Gasteiger partial charge in [0.05, 0.1) is 5.92 Å². The van der Waals surface area contributed by atoms with Crippen molar-refractivity contribution >= 4 is 23.1 Å². The number of rotatable bonds is 4. The first-order chi connectivity index (χ1) is 6.54. The number of alkyl halides is 3. The van der Waals surface area contributed by atoms with Gasteiger partial charge in [0.25, 0.3) is 0 Å². The normalized spacial score (nSPS) is 14.3. The van der Waals surface area contributed by atoms with Crippen molar-refractivity contribution in [1.29, 1.82) is 0 Å². The van der Waals surface area contributed by atoms with Gasteiger partial charge in [0.2, 0.25) is 0 Å². The lowest BCUT2D eigenvalue weighted by Crippen LogP contribution is -2.32. The van der Waals surface area contributed by atoms with Gasteiger partial charge in [-0.1, -0.05) is 23.1 Å². The molecule has 1 heterocycles. The highest BCUT2D eigenvalue weighted by Gasteiger charge is 2.38. The van der Waals surface area contributed by atoms with Crippen LogP contribution in [0.25, 0.3) is 0 Å². The van der Waals surface area contributed by atoms with E-state index in [-0.39, 0.29) is 5.75 Å². The van der Waals surface area contributed by atoms with Gasteiger partial charge in [0, 0.05) is 12.3 Å². The maximum absolute atomic E-state index is 12.2. The van der Waals surface area contributed by atoms with Crippen LogP contribution in [0.4, 0.5) is 13.2 Å². The summed E-state index contributed by atoms with van der Waals surface area (Å²) in [5.74, 6) is -1.58. The molecule has 2 N–H and O–H groups in total. The first-order valence-electron chi connectivity index (χ1n) is 3.69. The second-order valence-electron chi connectivity index (χ2n) is 2.49. The van der Waals surface area contributed by atoms with Crippen molar-refractivity contribution in [3.63, 3.8) is 0 Å².